The van der Waals surface area contributed by atoms with E-state index >= 15 is 0 Å². The van der Waals surface area contributed by atoms with Crippen LogP contribution in [0, 0.1) is 5.92 Å². The molecule has 3 heteroatoms. The van der Waals surface area contributed by atoms with Crippen LogP contribution >= 0.6 is 0 Å². The highest BCUT2D eigenvalue weighted by molar-refractivity contribution is 5.68. The van der Waals surface area contributed by atoms with E-state index in [1.165, 1.54) is 0 Å². The zero-order valence-electron chi connectivity index (χ0n) is 9.79. The molecule has 1 fully saturated rings. The average molecular weight is 214 g/mol. The van der Waals surface area contributed by atoms with Crippen LogP contribution in [0.4, 0.5) is 0 Å². The normalized spacial score (nSPS) is 18.9. The fourth-order valence-electron chi connectivity index (χ4n) is 2.00. The van der Waals surface area contributed by atoms with Gasteiger partial charge in [0.1, 0.15) is 0 Å². The first kappa shape index (κ1) is 12.5. The van der Waals surface area contributed by atoms with Gasteiger partial charge in [0, 0.05) is 6.61 Å². The Kier molecular flexibility index (Phi) is 4.58. The van der Waals surface area contributed by atoms with E-state index in [1.807, 2.05) is 0 Å². The van der Waals surface area contributed by atoms with E-state index in [9.17, 15) is 4.79 Å². The molecular weight excluding hydrogens is 192 g/mol. The summed E-state index contributed by atoms with van der Waals surface area (Å²) in [4.78, 5) is 10.7. The van der Waals surface area contributed by atoms with Crippen molar-refractivity contribution in [2.75, 3.05) is 6.61 Å². The lowest BCUT2D eigenvalue weighted by molar-refractivity contribution is -0.154. The molecule has 1 saturated carbocycles. The Labute approximate surface area is 91.8 Å². The summed E-state index contributed by atoms with van der Waals surface area (Å²) in [6, 6.07) is 0. The molecule has 0 bridgehead atoms. The van der Waals surface area contributed by atoms with Crippen LogP contribution < -0.4 is 0 Å². The Morgan fingerprint density at radius 1 is 1.47 bits per heavy atom. The molecule has 88 valence electrons. The van der Waals surface area contributed by atoms with Crippen molar-refractivity contribution in [2.24, 2.45) is 5.92 Å². The summed E-state index contributed by atoms with van der Waals surface area (Å²) in [6.45, 7) is 5.10. The van der Waals surface area contributed by atoms with Crippen molar-refractivity contribution in [3.63, 3.8) is 0 Å². The smallest absolute Gasteiger partial charge is 0.306 e. The number of carboxylic acids is 1. The van der Waals surface area contributed by atoms with E-state index in [0.29, 0.717) is 12.5 Å². The van der Waals surface area contributed by atoms with Gasteiger partial charge in [-0.2, -0.15) is 0 Å². The van der Waals surface area contributed by atoms with E-state index < -0.39 is 5.97 Å². The number of rotatable bonds is 7. The van der Waals surface area contributed by atoms with E-state index in [0.717, 1.165) is 32.1 Å². The van der Waals surface area contributed by atoms with Gasteiger partial charge in [-0.15, -0.1) is 0 Å². The molecule has 0 heterocycles. The van der Waals surface area contributed by atoms with Gasteiger partial charge in [0.2, 0.25) is 0 Å². The van der Waals surface area contributed by atoms with E-state index in [1.54, 1.807) is 0 Å². The zero-order chi connectivity index (χ0) is 11.3. The molecule has 1 rings (SSSR count). The predicted molar refractivity (Wildman–Crippen MR) is 58.9 cm³/mol. The minimum atomic E-state index is -0.737. The average Bonchev–Trinajstić information content (AvgIpc) is 2.06. The first-order chi connectivity index (χ1) is 7.04. The van der Waals surface area contributed by atoms with Crippen LogP contribution in [0.1, 0.15) is 52.4 Å². The van der Waals surface area contributed by atoms with Crippen molar-refractivity contribution >= 4 is 5.97 Å². The Balaban J connectivity index is 2.19. The summed E-state index contributed by atoms with van der Waals surface area (Å²) in [7, 11) is 0. The molecule has 0 aromatic carbocycles. The third kappa shape index (κ3) is 4.20. The van der Waals surface area contributed by atoms with Gasteiger partial charge in [0.25, 0.3) is 0 Å². The lowest BCUT2D eigenvalue weighted by Gasteiger charge is -2.40. The van der Waals surface area contributed by atoms with Crippen molar-refractivity contribution in [1.29, 1.82) is 0 Å². The van der Waals surface area contributed by atoms with Crippen molar-refractivity contribution < 1.29 is 14.6 Å². The maximum absolute atomic E-state index is 10.7. The van der Waals surface area contributed by atoms with Crippen LogP contribution in [0.5, 0.6) is 0 Å². The first-order valence-corrected chi connectivity index (χ1v) is 5.90. The van der Waals surface area contributed by atoms with E-state index in [4.69, 9.17) is 9.84 Å². The van der Waals surface area contributed by atoms with Crippen LogP contribution in [0.25, 0.3) is 0 Å². The summed E-state index contributed by atoms with van der Waals surface area (Å²) in [5.41, 5.74) is -0.317. The minimum absolute atomic E-state index is 0.175. The number of carbonyl (C=O) groups is 1. The third-order valence-corrected chi connectivity index (χ3v) is 3.07. The van der Waals surface area contributed by atoms with Gasteiger partial charge in [-0.05, 0) is 38.0 Å². The molecule has 0 radical (unpaired) electrons. The lowest BCUT2D eigenvalue weighted by Crippen LogP contribution is -2.42. The summed E-state index contributed by atoms with van der Waals surface area (Å²) >= 11 is 0. The fraction of sp³-hybridized carbons (Fsp3) is 0.917. The van der Waals surface area contributed by atoms with E-state index in [2.05, 4.69) is 13.8 Å². The third-order valence-electron chi connectivity index (χ3n) is 3.07. The molecular formula is C12H22O3. The predicted octanol–water partition coefficient (Wildman–Crippen LogP) is 2.84. The van der Waals surface area contributed by atoms with Crippen LogP contribution in [-0.2, 0) is 9.53 Å². The number of hydrogen-bond acceptors (Lipinski definition) is 2. The standard InChI is InChI=1S/C12H22O3/c1-10(2)5-3-8-15-12(6-4-7-12)9-11(13)14/h10H,3-9H2,1-2H3,(H,13,14). The number of aliphatic carboxylic acids is 1. The van der Waals surface area contributed by atoms with Crippen LogP contribution in [0.15, 0.2) is 0 Å². The second-order valence-electron chi connectivity index (χ2n) is 4.99. The highest BCUT2D eigenvalue weighted by Crippen LogP contribution is 2.38. The Morgan fingerprint density at radius 3 is 2.53 bits per heavy atom. The van der Waals surface area contributed by atoms with Crippen LogP contribution in [0.3, 0.4) is 0 Å². The molecule has 3 nitrogen and oxygen atoms in total. The molecule has 0 unspecified atom stereocenters. The fourth-order valence-corrected chi connectivity index (χ4v) is 2.00. The first-order valence-electron chi connectivity index (χ1n) is 5.90. The van der Waals surface area contributed by atoms with Crippen molar-refractivity contribution in [1.82, 2.24) is 0 Å². The summed E-state index contributed by atoms with van der Waals surface area (Å²) < 4.78 is 5.75. The zero-order valence-corrected chi connectivity index (χ0v) is 9.79. The number of carboxylic acid groups (broad SMARTS) is 1. The van der Waals surface area contributed by atoms with Gasteiger partial charge in [-0.1, -0.05) is 13.8 Å². The lowest BCUT2D eigenvalue weighted by atomic mass is 9.77. The largest absolute Gasteiger partial charge is 0.481 e. The molecule has 0 aliphatic heterocycles. The molecule has 0 aromatic heterocycles. The molecule has 0 aromatic rings. The van der Waals surface area contributed by atoms with Gasteiger partial charge < -0.3 is 9.84 Å². The Bertz CT molecular complexity index is 207. The van der Waals surface area contributed by atoms with Gasteiger partial charge in [0.05, 0.1) is 12.0 Å². The van der Waals surface area contributed by atoms with Gasteiger partial charge in [-0.3, -0.25) is 4.79 Å². The number of hydrogen-bond donors (Lipinski definition) is 1. The topological polar surface area (TPSA) is 46.5 Å². The monoisotopic (exact) mass is 214 g/mol. The summed E-state index contributed by atoms with van der Waals surface area (Å²) in [5.74, 6) is -0.0380. The highest BCUT2D eigenvalue weighted by Gasteiger charge is 2.39. The molecule has 15 heavy (non-hydrogen) atoms. The van der Waals surface area contributed by atoms with Crippen molar-refractivity contribution in [3.8, 4) is 0 Å². The summed E-state index contributed by atoms with van der Waals surface area (Å²) in [5, 5.41) is 8.78. The minimum Gasteiger partial charge on any atom is -0.481 e. The maximum Gasteiger partial charge on any atom is 0.306 e. The molecule has 0 atom stereocenters. The maximum atomic E-state index is 10.7. The quantitative estimate of drug-likeness (QED) is 0.663. The Morgan fingerprint density at radius 2 is 2.13 bits per heavy atom. The van der Waals surface area contributed by atoms with Crippen molar-refractivity contribution in [3.05, 3.63) is 0 Å². The van der Waals surface area contributed by atoms with Gasteiger partial charge in [-0.25, -0.2) is 0 Å². The van der Waals surface area contributed by atoms with Gasteiger partial charge >= 0.3 is 5.97 Å². The summed E-state index contributed by atoms with van der Waals surface area (Å²) in [6.07, 6.45) is 5.32. The molecule has 1 aliphatic rings. The Hall–Kier alpha value is -0.570. The molecule has 0 spiro atoms. The van der Waals surface area contributed by atoms with E-state index in [-0.39, 0.29) is 12.0 Å². The SMILES string of the molecule is CC(C)CCCOC1(CC(=O)O)CCC1. The highest BCUT2D eigenvalue weighted by atomic mass is 16.5. The van der Waals surface area contributed by atoms with Crippen molar-refractivity contribution in [2.45, 2.75) is 58.0 Å². The molecule has 0 saturated heterocycles. The molecule has 1 aliphatic carbocycles. The van der Waals surface area contributed by atoms with Crippen LogP contribution in [0.2, 0.25) is 0 Å². The number of ether oxygens (including phenoxy) is 1. The second-order valence-corrected chi connectivity index (χ2v) is 4.99. The second kappa shape index (κ2) is 5.50. The van der Waals surface area contributed by atoms with Crippen LogP contribution in [-0.4, -0.2) is 23.3 Å². The van der Waals surface area contributed by atoms with Gasteiger partial charge in [0.15, 0.2) is 0 Å². The molecule has 0 amide bonds. The molecule has 1 N–H and O–H groups in total.